The SMILES string of the molecule is O=C(N[C@H]1CCCC[C@H]1NC(=O)c1ccc2c(Cl)c[nH]c2c1)c1ccc(N2CCCC2=O)cc1.S. The van der Waals surface area contributed by atoms with Crippen LogP contribution < -0.4 is 15.5 Å². The smallest absolute Gasteiger partial charge is 0.251 e. The van der Waals surface area contributed by atoms with Crippen molar-refractivity contribution in [2.24, 2.45) is 0 Å². The van der Waals surface area contributed by atoms with Gasteiger partial charge in [0.15, 0.2) is 0 Å². The number of H-pyrrole nitrogens is 1. The van der Waals surface area contributed by atoms with Crippen molar-refractivity contribution in [3.8, 4) is 0 Å². The van der Waals surface area contributed by atoms with Crippen LogP contribution in [0.4, 0.5) is 5.69 Å². The molecule has 1 aliphatic carbocycles. The van der Waals surface area contributed by atoms with Gasteiger partial charge in [-0.25, -0.2) is 0 Å². The van der Waals surface area contributed by atoms with Crippen molar-refractivity contribution in [3.05, 3.63) is 64.8 Å². The number of rotatable bonds is 5. The summed E-state index contributed by atoms with van der Waals surface area (Å²) in [7, 11) is 0. The van der Waals surface area contributed by atoms with Gasteiger partial charge in [0.05, 0.1) is 5.02 Å². The molecule has 5 rings (SSSR count). The monoisotopic (exact) mass is 512 g/mol. The molecule has 3 N–H and O–H groups in total. The molecule has 2 aliphatic rings. The molecule has 0 spiro atoms. The first-order chi connectivity index (χ1) is 16.5. The predicted molar refractivity (Wildman–Crippen MR) is 143 cm³/mol. The molecule has 7 nitrogen and oxygen atoms in total. The molecule has 1 saturated heterocycles. The number of halogens is 1. The van der Waals surface area contributed by atoms with E-state index in [9.17, 15) is 14.4 Å². The van der Waals surface area contributed by atoms with E-state index in [4.69, 9.17) is 11.6 Å². The Morgan fingerprint density at radius 1 is 0.914 bits per heavy atom. The van der Waals surface area contributed by atoms with Gasteiger partial charge in [0, 0.05) is 59.0 Å². The Labute approximate surface area is 216 Å². The van der Waals surface area contributed by atoms with Gasteiger partial charge in [-0.15, -0.1) is 0 Å². The van der Waals surface area contributed by atoms with E-state index in [-0.39, 0.29) is 43.3 Å². The number of aromatic amines is 1. The Kier molecular flexibility index (Phi) is 7.72. The lowest BCUT2D eigenvalue weighted by molar-refractivity contribution is -0.117. The van der Waals surface area contributed by atoms with Crippen LogP contribution in [-0.4, -0.2) is 41.3 Å². The van der Waals surface area contributed by atoms with Crippen molar-refractivity contribution in [1.82, 2.24) is 15.6 Å². The van der Waals surface area contributed by atoms with Gasteiger partial charge in [0.1, 0.15) is 0 Å². The summed E-state index contributed by atoms with van der Waals surface area (Å²) >= 11 is 6.14. The summed E-state index contributed by atoms with van der Waals surface area (Å²) in [6.45, 7) is 0.720. The number of carbonyl (C=O) groups is 3. The maximum absolute atomic E-state index is 13.0. The fourth-order valence-electron chi connectivity index (χ4n) is 4.93. The molecule has 35 heavy (non-hydrogen) atoms. The van der Waals surface area contributed by atoms with E-state index in [0.29, 0.717) is 22.6 Å². The molecule has 184 valence electrons. The van der Waals surface area contributed by atoms with E-state index >= 15 is 0 Å². The molecule has 0 bridgehead atoms. The second-order valence-corrected chi connectivity index (χ2v) is 9.44. The van der Waals surface area contributed by atoms with Crippen molar-refractivity contribution in [3.63, 3.8) is 0 Å². The van der Waals surface area contributed by atoms with Crippen LogP contribution in [0.1, 0.15) is 59.2 Å². The molecular formula is C26H29ClN4O3S. The molecule has 3 amide bonds. The van der Waals surface area contributed by atoms with Gasteiger partial charge in [-0.05, 0) is 55.7 Å². The van der Waals surface area contributed by atoms with Crippen LogP contribution in [0, 0.1) is 0 Å². The number of hydrogen-bond donors (Lipinski definition) is 3. The Bertz CT molecular complexity index is 1240. The second kappa shape index (κ2) is 10.7. The summed E-state index contributed by atoms with van der Waals surface area (Å²) in [6, 6.07) is 12.3. The van der Waals surface area contributed by atoms with E-state index in [2.05, 4.69) is 15.6 Å². The van der Waals surface area contributed by atoms with Crippen molar-refractivity contribution < 1.29 is 14.4 Å². The zero-order chi connectivity index (χ0) is 23.7. The standard InChI is InChI=1S/C26H27ClN4O3.H2S/c27-20-15-28-23-14-17(9-12-19(20)23)26(34)30-22-5-2-1-4-21(22)29-25(33)16-7-10-18(11-8-16)31-13-3-6-24(31)32;/h7-12,14-15,21-22,28H,1-6,13H2,(H,29,33)(H,30,34);1H2/t21-,22+;/m0./s1. The van der Waals surface area contributed by atoms with Crippen molar-refractivity contribution in [2.75, 3.05) is 11.4 Å². The highest BCUT2D eigenvalue weighted by Crippen LogP contribution is 2.25. The molecule has 1 saturated carbocycles. The maximum atomic E-state index is 13.0. The molecule has 0 radical (unpaired) electrons. The molecule has 2 aromatic carbocycles. The third kappa shape index (κ3) is 5.33. The lowest BCUT2D eigenvalue weighted by Gasteiger charge is -2.33. The number of hydrogen-bond acceptors (Lipinski definition) is 3. The zero-order valence-electron chi connectivity index (χ0n) is 19.3. The topological polar surface area (TPSA) is 94.3 Å². The second-order valence-electron chi connectivity index (χ2n) is 9.04. The summed E-state index contributed by atoms with van der Waals surface area (Å²) in [5, 5.41) is 7.73. The molecule has 2 atom stereocenters. The van der Waals surface area contributed by atoms with Crippen LogP contribution in [-0.2, 0) is 4.79 Å². The molecule has 9 heteroatoms. The summed E-state index contributed by atoms with van der Waals surface area (Å²) in [6.07, 6.45) is 6.76. The molecule has 2 fully saturated rings. The lowest BCUT2D eigenvalue weighted by Crippen LogP contribution is -2.53. The highest BCUT2D eigenvalue weighted by Gasteiger charge is 2.29. The maximum Gasteiger partial charge on any atom is 0.251 e. The summed E-state index contributed by atoms with van der Waals surface area (Å²) in [5.41, 5.74) is 2.72. The molecule has 0 unspecified atom stereocenters. The highest BCUT2D eigenvalue weighted by atomic mass is 35.5. The number of amides is 3. The third-order valence-electron chi connectivity index (χ3n) is 6.81. The quantitative estimate of drug-likeness (QED) is 0.468. The van der Waals surface area contributed by atoms with Crippen molar-refractivity contribution >= 4 is 59.4 Å². The minimum atomic E-state index is -0.173. The van der Waals surface area contributed by atoms with Gasteiger partial charge < -0.3 is 20.5 Å². The van der Waals surface area contributed by atoms with Crippen molar-refractivity contribution in [1.29, 1.82) is 0 Å². The van der Waals surface area contributed by atoms with Gasteiger partial charge >= 0.3 is 0 Å². The zero-order valence-corrected chi connectivity index (χ0v) is 21.0. The van der Waals surface area contributed by atoms with Gasteiger partial charge in [0.25, 0.3) is 11.8 Å². The van der Waals surface area contributed by atoms with Gasteiger partial charge in [-0.3, -0.25) is 14.4 Å². The van der Waals surface area contributed by atoms with Crippen LogP contribution in [0.2, 0.25) is 5.02 Å². The predicted octanol–water partition coefficient (Wildman–Crippen LogP) is 4.53. The Morgan fingerprint density at radius 3 is 2.17 bits per heavy atom. The fourth-order valence-corrected chi connectivity index (χ4v) is 5.15. The van der Waals surface area contributed by atoms with E-state index in [1.54, 1.807) is 35.4 Å². The van der Waals surface area contributed by atoms with Crippen LogP contribution in [0.3, 0.4) is 0 Å². The molecular weight excluding hydrogens is 484 g/mol. The van der Waals surface area contributed by atoms with Gasteiger partial charge in [-0.2, -0.15) is 13.5 Å². The molecule has 3 aromatic rings. The summed E-state index contributed by atoms with van der Waals surface area (Å²) < 4.78 is 0. The Balaban J connectivity index is 0.00000289. The van der Waals surface area contributed by atoms with Crippen LogP contribution in [0.25, 0.3) is 10.9 Å². The van der Waals surface area contributed by atoms with Crippen LogP contribution >= 0.6 is 25.1 Å². The average Bonchev–Trinajstić information content (AvgIpc) is 3.45. The number of fused-ring (bicyclic) bond motifs is 1. The van der Waals surface area contributed by atoms with E-state index in [1.165, 1.54) is 0 Å². The first kappa shape index (κ1) is 25.1. The van der Waals surface area contributed by atoms with Gasteiger partial charge in [0.2, 0.25) is 5.91 Å². The number of carbonyl (C=O) groups excluding carboxylic acids is 3. The highest BCUT2D eigenvalue weighted by molar-refractivity contribution is 7.59. The first-order valence-corrected chi connectivity index (χ1v) is 12.2. The normalized spacial score (nSPS) is 19.9. The molecule has 2 heterocycles. The number of anilines is 1. The van der Waals surface area contributed by atoms with Crippen LogP contribution in [0.15, 0.2) is 48.7 Å². The van der Waals surface area contributed by atoms with Crippen molar-refractivity contribution in [2.45, 2.75) is 50.6 Å². The van der Waals surface area contributed by atoms with E-state index < -0.39 is 0 Å². The summed E-state index contributed by atoms with van der Waals surface area (Å²) in [5.74, 6) is -0.220. The minimum Gasteiger partial charge on any atom is -0.360 e. The Morgan fingerprint density at radius 2 is 1.54 bits per heavy atom. The molecule has 1 aliphatic heterocycles. The average molecular weight is 513 g/mol. The number of nitrogens with zero attached hydrogens (tertiary/aromatic N) is 1. The van der Waals surface area contributed by atoms with Crippen LogP contribution in [0.5, 0.6) is 0 Å². The summed E-state index contributed by atoms with van der Waals surface area (Å²) in [4.78, 5) is 42.7. The van der Waals surface area contributed by atoms with E-state index in [1.807, 2.05) is 18.2 Å². The van der Waals surface area contributed by atoms with Gasteiger partial charge in [-0.1, -0.05) is 30.5 Å². The third-order valence-corrected chi connectivity index (χ3v) is 7.12. The number of benzene rings is 2. The fraction of sp³-hybridized carbons (Fsp3) is 0.346. The number of aromatic nitrogens is 1. The molecule has 1 aromatic heterocycles. The minimum absolute atomic E-state index is 0. The Hall–Kier alpha value is -2.97. The first-order valence-electron chi connectivity index (χ1n) is 11.8. The largest absolute Gasteiger partial charge is 0.360 e. The van der Waals surface area contributed by atoms with E-state index in [0.717, 1.165) is 55.2 Å². The number of nitrogens with one attached hydrogen (secondary N) is 3. The lowest BCUT2D eigenvalue weighted by atomic mass is 9.89.